The van der Waals surface area contributed by atoms with Crippen LogP contribution in [0.3, 0.4) is 0 Å². The van der Waals surface area contributed by atoms with Crippen LogP contribution in [-0.2, 0) is 9.59 Å². The molecule has 0 aliphatic heterocycles. The third-order valence-corrected chi connectivity index (χ3v) is 7.92. The highest BCUT2D eigenvalue weighted by Gasteiger charge is 2.58. The van der Waals surface area contributed by atoms with Crippen molar-refractivity contribution in [2.45, 2.75) is 53.4 Å². The van der Waals surface area contributed by atoms with Crippen LogP contribution in [0.4, 0.5) is 0 Å². The summed E-state index contributed by atoms with van der Waals surface area (Å²) < 4.78 is 0. The summed E-state index contributed by atoms with van der Waals surface area (Å²) in [6.45, 7) is 8.63. The fourth-order valence-electron chi connectivity index (χ4n) is 6.73. The maximum absolute atomic E-state index is 12.2. The molecule has 2 fully saturated rings. The first kappa shape index (κ1) is 16.1. The van der Waals surface area contributed by atoms with Gasteiger partial charge in [0.25, 0.3) is 0 Å². The summed E-state index contributed by atoms with van der Waals surface area (Å²) in [5.74, 6) is 2.43. The number of Topliss-reactive ketones (excluding diaryl/α,β-unsaturated/α-hetero) is 1. The number of hydrogen-bond acceptors (Lipinski definition) is 2. The number of hydrogen-bond donors (Lipinski definition) is 0. The van der Waals surface area contributed by atoms with Gasteiger partial charge in [-0.3, -0.25) is 9.59 Å². The Labute approximate surface area is 145 Å². The number of carbonyl (C=O) groups excluding carboxylic acids is 2. The monoisotopic (exact) mass is 324 g/mol. The van der Waals surface area contributed by atoms with Gasteiger partial charge in [0.1, 0.15) is 5.78 Å². The fraction of sp³-hybridized carbons (Fsp3) is 0.636. The lowest BCUT2D eigenvalue weighted by molar-refractivity contribution is -0.126. The summed E-state index contributed by atoms with van der Waals surface area (Å²) in [6.07, 6.45) is 12.7. The fourth-order valence-corrected chi connectivity index (χ4v) is 6.73. The van der Waals surface area contributed by atoms with E-state index >= 15 is 0 Å². The molecule has 0 bridgehead atoms. The summed E-state index contributed by atoms with van der Waals surface area (Å²) >= 11 is 0. The van der Waals surface area contributed by atoms with Crippen molar-refractivity contribution in [3.8, 4) is 0 Å². The van der Waals surface area contributed by atoms with Gasteiger partial charge >= 0.3 is 0 Å². The molecule has 0 amide bonds. The van der Waals surface area contributed by atoms with Gasteiger partial charge in [-0.15, -0.1) is 0 Å². The molecule has 0 aromatic carbocycles. The minimum Gasteiger partial charge on any atom is -0.300 e. The third-order valence-electron chi connectivity index (χ3n) is 7.92. The first-order valence-electron chi connectivity index (χ1n) is 9.42. The SMILES string of the molecule is CC(=O)[C@H]1CC[C@H]2[C@@H]3C=C(C)C4=CC(=O)C=C[C@]4(C)[C@H]3CC[C@]12C. The molecular formula is C22H28O2. The molecule has 0 saturated heterocycles. The predicted molar refractivity (Wildman–Crippen MR) is 95.3 cm³/mol. The number of carbonyl (C=O) groups is 2. The average molecular weight is 324 g/mol. The van der Waals surface area contributed by atoms with Gasteiger partial charge in [0, 0.05) is 11.3 Å². The molecule has 128 valence electrons. The highest BCUT2D eigenvalue weighted by Crippen LogP contribution is 2.65. The Morgan fingerprint density at radius 1 is 1.17 bits per heavy atom. The van der Waals surface area contributed by atoms with Crippen LogP contribution in [0.2, 0.25) is 0 Å². The molecule has 0 heterocycles. The van der Waals surface area contributed by atoms with Gasteiger partial charge in [-0.2, -0.15) is 0 Å². The molecule has 0 aromatic rings. The first-order chi connectivity index (χ1) is 11.3. The van der Waals surface area contributed by atoms with Gasteiger partial charge in [0.15, 0.2) is 5.78 Å². The third kappa shape index (κ3) is 1.95. The summed E-state index contributed by atoms with van der Waals surface area (Å²) in [6, 6.07) is 0. The van der Waals surface area contributed by atoms with Crippen molar-refractivity contribution in [1.29, 1.82) is 0 Å². The van der Waals surface area contributed by atoms with Crippen LogP contribution >= 0.6 is 0 Å². The largest absolute Gasteiger partial charge is 0.300 e. The molecule has 0 aromatic heterocycles. The van der Waals surface area contributed by atoms with E-state index < -0.39 is 0 Å². The smallest absolute Gasteiger partial charge is 0.178 e. The Hall–Kier alpha value is -1.44. The quantitative estimate of drug-likeness (QED) is 0.702. The molecule has 0 N–H and O–H groups in total. The second-order valence-corrected chi connectivity index (χ2v) is 9.00. The van der Waals surface area contributed by atoms with Crippen LogP contribution in [0.5, 0.6) is 0 Å². The maximum Gasteiger partial charge on any atom is 0.178 e. The van der Waals surface area contributed by atoms with Crippen molar-refractivity contribution < 1.29 is 9.59 Å². The molecule has 0 spiro atoms. The van der Waals surface area contributed by atoms with Crippen LogP contribution in [0.1, 0.15) is 53.4 Å². The second-order valence-electron chi connectivity index (χ2n) is 9.00. The second kappa shape index (κ2) is 5.03. The lowest BCUT2D eigenvalue weighted by atomic mass is 9.48. The van der Waals surface area contributed by atoms with Gasteiger partial charge in [-0.1, -0.05) is 31.6 Å². The standard InChI is InChI=1S/C22H28O2/c1-13-11-16-18-6-5-17(14(2)23)21(18,3)10-8-19(16)22(4)9-7-15(24)12-20(13)22/h7,9,11-12,16-19H,5-6,8,10H2,1-4H3/t16-,17+,18-,19-,21+,22+/m0/s1. The Kier molecular flexibility index (Phi) is 3.37. The molecule has 24 heavy (non-hydrogen) atoms. The van der Waals surface area contributed by atoms with Crippen LogP contribution in [-0.4, -0.2) is 11.6 Å². The van der Waals surface area contributed by atoms with Gasteiger partial charge in [-0.25, -0.2) is 0 Å². The van der Waals surface area contributed by atoms with E-state index in [2.05, 4.69) is 32.9 Å². The Morgan fingerprint density at radius 2 is 1.92 bits per heavy atom. The van der Waals surface area contributed by atoms with E-state index in [1.807, 2.05) is 6.08 Å². The van der Waals surface area contributed by atoms with E-state index in [-0.39, 0.29) is 22.5 Å². The van der Waals surface area contributed by atoms with Crippen molar-refractivity contribution in [2.75, 3.05) is 0 Å². The number of ketones is 2. The van der Waals surface area contributed by atoms with Crippen molar-refractivity contribution >= 4 is 11.6 Å². The Morgan fingerprint density at radius 3 is 2.62 bits per heavy atom. The van der Waals surface area contributed by atoms with Crippen molar-refractivity contribution in [3.63, 3.8) is 0 Å². The minimum atomic E-state index is -0.0208. The van der Waals surface area contributed by atoms with Crippen LogP contribution in [0.15, 0.2) is 35.5 Å². The van der Waals surface area contributed by atoms with Crippen molar-refractivity contribution in [3.05, 3.63) is 35.5 Å². The van der Waals surface area contributed by atoms with E-state index in [0.717, 1.165) is 19.3 Å². The molecule has 2 saturated carbocycles. The van der Waals surface area contributed by atoms with Crippen LogP contribution in [0.25, 0.3) is 0 Å². The van der Waals surface area contributed by atoms with E-state index in [4.69, 9.17) is 0 Å². The molecule has 0 unspecified atom stereocenters. The van der Waals surface area contributed by atoms with E-state index in [1.165, 1.54) is 17.6 Å². The number of allylic oxidation sites excluding steroid dienone is 6. The zero-order valence-electron chi connectivity index (χ0n) is 15.3. The van der Waals surface area contributed by atoms with Gasteiger partial charge in [0.2, 0.25) is 0 Å². The molecule has 6 atom stereocenters. The topological polar surface area (TPSA) is 34.1 Å². The molecule has 2 nitrogen and oxygen atoms in total. The predicted octanol–water partition coefficient (Wildman–Crippen LogP) is 4.67. The zero-order chi connectivity index (χ0) is 17.3. The van der Waals surface area contributed by atoms with Crippen LogP contribution in [0, 0.1) is 34.5 Å². The normalized spacial score (nSPS) is 46.6. The average Bonchev–Trinajstić information content (AvgIpc) is 2.87. The van der Waals surface area contributed by atoms with E-state index in [1.54, 1.807) is 13.0 Å². The number of rotatable bonds is 1. The molecule has 4 aliphatic rings. The van der Waals surface area contributed by atoms with Crippen molar-refractivity contribution in [1.82, 2.24) is 0 Å². The lowest BCUT2D eigenvalue weighted by Gasteiger charge is -2.55. The van der Waals surface area contributed by atoms with E-state index in [9.17, 15) is 9.59 Å². The van der Waals surface area contributed by atoms with E-state index in [0.29, 0.717) is 23.5 Å². The lowest BCUT2D eigenvalue weighted by Crippen LogP contribution is -2.49. The van der Waals surface area contributed by atoms with Gasteiger partial charge < -0.3 is 0 Å². The van der Waals surface area contributed by atoms with Crippen molar-refractivity contribution in [2.24, 2.45) is 34.5 Å². The Bertz CT molecular complexity index is 709. The van der Waals surface area contributed by atoms with Gasteiger partial charge in [0.05, 0.1) is 0 Å². The molecule has 0 radical (unpaired) electrons. The minimum absolute atomic E-state index is 0.0208. The van der Waals surface area contributed by atoms with Crippen LogP contribution < -0.4 is 0 Å². The zero-order valence-corrected chi connectivity index (χ0v) is 15.3. The molecule has 4 rings (SSSR count). The molecular weight excluding hydrogens is 296 g/mol. The van der Waals surface area contributed by atoms with Gasteiger partial charge in [-0.05, 0) is 80.4 Å². The summed E-state index contributed by atoms with van der Waals surface area (Å²) in [4.78, 5) is 24.1. The summed E-state index contributed by atoms with van der Waals surface area (Å²) in [5, 5.41) is 0. The summed E-state index contributed by atoms with van der Waals surface area (Å²) in [5.41, 5.74) is 2.63. The molecule has 2 heteroatoms. The highest BCUT2D eigenvalue weighted by molar-refractivity contribution is 6.01. The summed E-state index contributed by atoms with van der Waals surface area (Å²) in [7, 11) is 0. The first-order valence-corrected chi connectivity index (χ1v) is 9.42. The maximum atomic E-state index is 12.2. The number of fused-ring (bicyclic) bond motifs is 5. The highest BCUT2D eigenvalue weighted by atomic mass is 16.1. The molecule has 4 aliphatic carbocycles. The Balaban J connectivity index is 1.79.